The molecule has 12 heavy (non-hydrogen) atoms. The number of hydrogen-bond donors (Lipinski definition) is 2. The van der Waals surface area contributed by atoms with Crippen LogP contribution in [0.25, 0.3) is 11.4 Å². The Labute approximate surface area is 71.4 Å². The van der Waals surface area contributed by atoms with Gasteiger partial charge in [0.25, 0.3) is 0 Å². The highest BCUT2D eigenvalue weighted by Crippen LogP contribution is 2.20. The van der Waals surface area contributed by atoms with Crippen molar-refractivity contribution in [3.63, 3.8) is 0 Å². The Kier molecular flexibility index (Phi) is 1.95. The molecular formula is C9H12N2O. The molecule has 0 saturated heterocycles. The maximum atomic E-state index is 5.47. The predicted molar refractivity (Wildman–Crippen MR) is 49.9 cm³/mol. The van der Waals surface area contributed by atoms with E-state index in [1.165, 1.54) is 0 Å². The molecule has 0 aliphatic heterocycles. The molecule has 3 heteroatoms. The summed E-state index contributed by atoms with van der Waals surface area (Å²) in [6.07, 6.45) is 0. The van der Waals surface area contributed by atoms with E-state index in [0.29, 0.717) is 22.9 Å². The van der Waals surface area contributed by atoms with Crippen LogP contribution in [-0.2, 0) is 0 Å². The molecule has 1 heterocycles. The first-order chi connectivity index (χ1) is 5.52. The molecule has 0 amide bonds. The van der Waals surface area contributed by atoms with Crippen LogP contribution in [0, 0.1) is 6.92 Å². The topological polar surface area (TPSA) is 65.2 Å². The third kappa shape index (κ3) is 1.34. The molecule has 0 fully saturated rings. The average Bonchev–Trinajstić information content (AvgIpc) is 2.30. The van der Waals surface area contributed by atoms with Gasteiger partial charge in [0.05, 0.1) is 11.4 Å². The molecule has 3 nitrogen and oxygen atoms in total. The summed E-state index contributed by atoms with van der Waals surface area (Å²) in [5.74, 6) is 1.13. The molecule has 0 aliphatic rings. The molecule has 1 aromatic rings. The van der Waals surface area contributed by atoms with Gasteiger partial charge >= 0.3 is 0 Å². The molecule has 0 spiro atoms. The molecule has 0 aliphatic carbocycles. The van der Waals surface area contributed by atoms with E-state index in [4.69, 9.17) is 15.9 Å². The van der Waals surface area contributed by atoms with Crippen LogP contribution in [0.2, 0.25) is 0 Å². The van der Waals surface area contributed by atoms with Crippen LogP contribution in [0.15, 0.2) is 23.6 Å². The molecule has 4 N–H and O–H groups in total. The zero-order valence-corrected chi connectivity index (χ0v) is 7.05. The Morgan fingerprint density at radius 1 is 1.33 bits per heavy atom. The number of furan rings is 1. The van der Waals surface area contributed by atoms with E-state index in [2.05, 4.69) is 13.2 Å². The minimum Gasteiger partial charge on any atom is -0.453 e. The Balaban J connectivity index is 3.17. The van der Waals surface area contributed by atoms with Gasteiger partial charge in [-0.05, 0) is 18.6 Å². The zero-order valence-electron chi connectivity index (χ0n) is 7.05. The minimum absolute atomic E-state index is 0.394. The fourth-order valence-electron chi connectivity index (χ4n) is 0.959. The molecule has 0 saturated carbocycles. The van der Waals surface area contributed by atoms with Crippen LogP contribution in [0.3, 0.4) is 0 Å². The van der Waals surface area contributed by atoms with Crippen molar-refractivity contribution in [2.75, 3.05) is 0 Å². The Morgan fingerprint density at radius 2 is 1.92 bits per heavy atom. The molecule has 0 radical (unpaired) electrons. The highest BCUT2D eigenvalue weighted by molar-refractivity contribution is 5.63. The number of rotatable bonds is 2. The van der Waals surface area contributed by atoms with Gasteiger partial charge in [0.1, 0.15) is 5.76 Å². The largest absolute Gasteiger partial charge is 0.453 e. The lowest BCUT2D eigenvalue weighted by Gasteiger charge is -1.94. The SMILES string of the molecule is C=C(N)c1cc(C)c(C(=C)N)o1. The van der Waals surface area contributed by atoms with Crippen molar-refractivity contribution in [3.05, 3.63) is 36.3 Å². The highest BCUT2D eigenvalue weighted by Gasteiger charge is 2.08. The molecule has 1 aromatic heterocycles. The van der Waals surface area contributed by atoms with E-state index in [1.54, 1.807) is 6.07 Å². The van der Waals surface area contributed by atoms with E-state index in [-0.39, 0.29) is 0 Å². The van der Waals surface area contributed by atoms with Crippen LogP contribution >= 0.6 is 0 Å². The molecule has 0 bridgehead atoms. The van der Waals surface area contributed by atoms with Gasteiger partial charge in [-0.1, -0.05) is 13.2 Å². The summed E-state index contributed by atoms with van der Waals surface area (Å²) in [6.45, 7) is 9.00. The molecule has 64 valence electrons. The Morgan fingerprint density at radius 3 is 2.17 bits per heavy atom. The van der Waals surface area contributed by atoms with Crippen LogP contribution in [0.5, 0.6) is 0 Å². The van der Waals surface area contributed by atoms with E-state index < -0.39 is 0 Å². The van der Waals surface area contributed by atoms with E-state index >= 15 is 0 Å². The van der Waals surface area contributed by atoms with Crippen molar-refractivity contribution in [2.45, 2.75) is 6.92 Å². The van der Waals surface area contributed by atoms with Gasteiger partial charge in [-0.15, -0.1) is 0 Å². The third-order valence-corrected chi connectivity index (χ3v) is 1.53. The van der Waals surface area contributed by atoms with Crippen molar-refractivity contribution in [1.82, 2.24) is 0 Å². The summed E-state index contributed by atoms with van der Waals surface area (Å²) in [5.41, 5.74) is 12.6. The number of hydrogen-bond acceptors (Lipinski definition) is 3. The Bertz CT molecular complexity index is 336. The van der Waals surface area contributed by atoms with Gasteiger partial charge < -0.3 is 15.9 Å². The first-order valence-electron chi connectivity index (χ1n) is 3.52. The number of aryl methyl sites for hydroxylation is 1. The lowest BCUT2D eigenvalue weighted by Crippen LogP contribution is -1.93. The molecule has 1 rings (SSSR count). The standard InChI is InChI=1S/C9H12N2O/c1-5-4-8(6(2)10)12-9(5)7(3)11/h4H,2-3,10-11H2,1H3. The summed E-state index contributed by atoms with van der Waals surface area (Å²) >= 11 is 0. The van der Waals surface area contributed by atoms with E-state index in [9.17, 15) is 0 Å². The van der Waals surface area contributed by atoms with Crippen molar-refractivity contribution in [2.24, 2.45) is 11.5 Å². The number of nitrogens with two attached hydrogens (primary N) is 2. The molecule has 0 aromatic carbocycles. The fourth-order valence-corrected chi connectivity index (χ4v) is 0.959. The zero-order chi connectivity index (χ0) is 9.30. The fraction of sp³-hybridized carbons (Fsp3) is 0.111. The summed E-state index contributed by atoms with van der Waals surface area (Å²) in [7, 11) is 0. The summed E-state index contributed by atoms with van der Waals surface area (Å²) in [4.78, 5) is 0. The Hall–Kier alpha value is -1.64. The first kappa shape index (κ1) is 8.46. The minimum atomic E-state index is 0.394. The van der Waals surface area contributed by atoms with Crippen molar-refractivity contribution < 1.29 is 4.42 Å². The van der Waals surface area contributed by atoms with Gasteiger partial charge in [-0.2, -0.15) is 0 Å². The second kappa shape index (κ2) is 2.77. The third-order valence-electron chi connectivity index (χ3n) is 1.53. The maximum absolute atomic E-state index is 5.47. The van der Waals surface area contributed by atoms with Gasteiger partial charge in [-0.25, -0.2) is 0 Å². The van der Waals surface area contributed by atoms with Gasteiger partial charge in [0.15, 0.2) is 5.76 Å². The smallest absolute Gasteiger partial charge is 0.152 e. The van der Waals surface area contributed by atoms with Crippen LogP contribution in [0.1, 0.15) is 17.1 Å². The van der Waals surface area contributed by atoms with Crippen molar-refractivity contribution in [3.8, 4) is 0 Å². The van der Waals surface area contributed by atoms with E-state index in [0.717, 1.165) is 5.56 Å². The van der Waals surface area contributed by atoms with Crippen LogP contribution in [0.4, 0.5) is 0 Å². The van der Waals surface area contributed by atoms with E-state index in [1.807, 2.05) is 6.92 Å². The lowest BCUT2D eigenvalue weighted by molar-refractivity contribution is 0.536. The highest BCUT2D eigenvalue weighted by atomic mass is 16.3. The second-order valence-corrected chi connectivity index (χ2v) is 2.67. The molecule has 0 unspecified atom stereocenters. The predicted octanol–water partition coefficient (Wildman–Crippen LogP) is 1.45. The monoisotopic (exact) mass is 164 g/mol. The van der Waals surface area contributed by atoms with Crippen LogP contribution in [-0.4, -0.2) is 0 Å². The quantitative estimate of drug-likeness (QED) is 0.695. The lowest BCUT2D eigenvalue weighted by atomic mass is 10.2. The second-order valence-electron chi connectivity index (χ2n) is 2.67. The summed E-state index contributed by atoms with van der Waals surface area (Å²) in [6, 6.07) is 1.79. The van der Waals surface area contributed by atoms with Crippen molar-refractivity contribution in [1.29, 1.82) is 0 Å². The van der Waals surface area contributed by atoms with Gasteiger partial charge in [-0.3, -0.25) is 0 Å². The van der Waals surface area contributed by atoms with Crippen molar-refractivity contribution >= 4 is 11.4 Å². The average molecular weight is 164 g/mol. The van der Waals surface area contributed by atoms with Gasteiger partial charge in [0.2, 0.25) is 0 Å². The molecule has 0 atom stereocenters. The maximum Gasteiger partial charge on any atom is 0.152 e. The molecular weight excluding hydrogens is 152 g/mol. The van der Waals surface area contributed by atoms with Gasteiger partial charge in [0, 0.05) is 0 Å². The first-order valence-corrected chi connectivity index (χ1v) is 3.52. The summed E-state index contributed by atoms with van der Waals surface area (Å²) in [5, 5.41) is 0. The van der Waals surface area contributed by atoms with Crippen LogP contribution < -0.4 is 11.5 Å². The summed E-state index contributed by atoms with van der Waals surface area (Å²) < 4.78 is 5.29. The normalized spacial score (nSPS) is 9.75.